The van der Waals surface area contributed by atoms with Crippen LogP contribution < -0.4 is 5.32 Å². The summed E-state index contributed by atoms with van der Waals surface area (Å²) in [7, 11) is 0. The summed E-state index contributed by atoms with van der Waals surface area (Å²) in [6, 6.07) is 42.2. The monoisotopic (exact) mass is 629 g/mol. The topological polar surface area (TPSA) is 29.3 Å². The highest BCUT2D eigenvalue weighted by molar-refractivity contribution is 6.24. The van der Waals surface area contributed by atoms with Crippen LogP contribution in [0.3, 0.4) is 0 Å². The number of nitrogens with zero attached hydrogens (tertiary/aromatic N) is 2. The Bertz CT molecular complexity index is 2630. The lowest BCUT2D eigenvalue weighted by Gasteiger charge is -2.26. The van der Waals surface area contributed by atoms with E-state index in [0.717, 1.165) is 37.2 Å². The van der Waals surface area contributed by atoms with Gasteiger partial charge < -0.3 is 9.88 Å². The van der Waals surface area contributed by atoms with Crippen LogP contribution in [-0.4, -0.2) is 10.4 Å². The smallest absolute Gasteiger partial charge is 0.129 e. The summed E-state index contributed by atoms with van der Waals surface area (Å²) in [5.41, 5.74) is 11.2. The van der Waals surface area contributed by atoms with E-state index in [-0.39, 0.29) is 6.04 Å². The van der Waals surface area contributed by atoms with E-state index in [1.807, 2.05) is 0 Å². The second kappa shape index (κ2) is 11.4. The molecule has 2 aliphatic carbocycles. The molecular formula is C46H35N3. The van der Waals surface area contributed by atoms with Gasteiger partial charge in [-0.2, -0.15) is 0 Å². The summed E-state index contributed by atoms with van der Waals surface area (Å²) in [6.07, 6.45) is 17.8. The van der Waals surface area contributed by atoms with Crippen molar-refractivity contribution in [2.45, 2.75) is 31.7 Å². The summed E-state index contributed by atoms with van der Waals surface area (Å²) in [5, 5.41) is 11.4. The average Bonchev–Trinajstić information content (AvgIpc) is 3.53. The van der Waals surface area contributed by atoms with Gasteiger partial charge >= 0.3 is 0 Å². The zero-order chi connectivity index (χ0) is 32.3. The van der Waals surface area contributed by atoms with Gasteiger partial charge in [-0.1, -0.05) is 127 Å². The zero-order valence-electron chi connectivity index (χ0n) is 27.2. The lowest BCUT2D eigenvalue weighted by Crippen LogP contribution is -2.28. The molecule has 0 radical (unpaired) electrons. The maximum atomic E-state index is 5.39. The zero-order valence-corrected chi connectivity index (χ0v) is 27.2. The SMILES string of the molecule is C1=CCCC(C2=NC(c3ccc(-n4c5ccc6c(c5c5c7ccccc7ccc54)C=CCC6)c4ccccc34)C=C(c3ccccc3)N2)=C1. The molecule has 0 amide bonds. The van der Waals surface area contributed by atoms with Gasteiger partial charge in [-0.3, -0.25) is 4.99 Å². The predicted molar refractivity (Wildman–Crippen MR) is 207 cm³/mol. The molecule has 1 N–H and O–H groups in total. The lowest BCUT2D eigenvalue weighted by molar-refractivity contribution is 0.875. The van der Waals surface area contributed by atoms with Crippen molar-refractivity contribution in [2.75, 3.05) is 0 Å². The highest BCUT2D eigenvalue weighted by Crippen LogP contribution is 2.43. The summed E-state index contributed by atoms with van der Waals surface area (Å²) < 4.78 is 2.51. The molecule has 2 heterocycles. The van der Waals surface area contributed by atoms with Crippen LogP contribution in [-0.2, 0) is 6.42 Å². The third-order valence-electron chi connectivity index (χ3n) is 10.6. The molecule has 1 unspecified atom stereocenters. The molecule has 49 heavy (non-hydrogen) atoms. The number of aromatic nitrogens is 1. The van der Waals surface area contributed by atoms with Crippen LogP contribution in [0.5, 0.6) is 0 Å². The minimum atomic E-state index is -0.128. The first kappa shape index (κ1) is 28.1. The fourth-order valence-electron chi connectivity index (χ4n) is 8.25. The van der Waals surface area contributed by atoms with E-state index in [9.17, 15) is 0 Å². The third kappa shape index (κ3) is 4.53. The molecule has 0 fully saturated rings. The molecule has 1 aromatic heterocycles. The number of nitrogens with one attached hydrogen (secondary N) is 1. The molecule has 0 saturated carbocycles. The molecule has 0 bridgehead atoms. The van der Waals surface area contributed by atoms with Gasteiger partial charge in [0.15, 0.2) is 0 Å². The Morgan fingerprint density at radius 2 is 1.43 bits per heavy atom. The lowest BCUT2D eigenvalue weighted by atomic mass is 9.92. The van der Waals surface area contributed by atoms with Crippen LogP contribution in [0.2, 0.25) is 0 Å². The van der Waals surface area contributed by atoms with Crippen LogP contribution in [0.4, 0.5) is 0 Å². The molecule has 3 nitrogen and oxygen atoms in total. The van der Waals surface area contributed by atoms with Gasteiger partial charge in [-0.25, -0.2) is 0 Å². The first-order chi connectivity index (χ1) is 24.3. The number of rotatable bonds is 4. The summed E-state index contributed by atoms with van der Waals surface area (Å²) in [6.45, 7) is 0. The number of fused-ring (bicyclic) bond motifs is 8. The molecule has 1 atom stereocenters. The first-order valence-corrected chi connectivity index (χ1v) is 17.5. The predicted octanol–water partition coefficient (Wildman–Crippen LogP) is 11.4. The van der Waals surface area contributed by atoms with Crippen molar-refractivity contribution >= 4 is 61.0 Å². The Hall–Kier alpha value is -5.93. The molecular weight excluding hydrogens is 595 g/mol. The molecule has 6 aromatic carbocycles. The number of amidine groups is 1. The van der Waals surface area contributed by atoms with Crippen LogP contribution in [0.1, 0.15) is 47.6 Å². The number of aliphatic imine (C=N–C) groups is 1. The average molecular weight is 630 g/mol. The van der Waals surface area contributed by atoms with Crippen molar-refractivity contribution < 1.29 is 0 Å². The Morgan fingerprint density at radius 1 is 0.653 bits per heavy atom. The molecule has 3 aliphatic rings. The van der Waals surface area contributed by atoms with Crippen LogP contribution in [0.15, 0.2) is 156 Å². The summed E-state index contributed by atoms with van der Waals surface area (Å²) in [5.74, 6) is 0.968. The van der Waals surface area contributed by atoms with E-state index < -0.39 is 0 Å². The standard InChI is InChI=1S/C46H35N3/c1-3-15-32(16-4-1)39-29-40(48-46(47-39)33-17-5-2-6-18-33)37-25-28-41(38-22-12-11-21-36(37)38)49-42-26-23-30-13-7-9-19-34(30)44(42)45-35-20-10-8-14-31(35)24-27-43(45)49/h1-5,7,9-13,15-17,19-29,40H,6,8,14,18H2,(H,47,48). The Balaban J connectivity index is 1.22. The second-order valence-corrected chi connectivity index (χ2v) is 13.4. The molecule has 0 saturated heterocycles. The van der Waals surface area contributed by atoms with Crippen molar-refractivity contribution in [1.82, 2.24) is 9.88 Å². The molecule has 10 rings (SSSR count). The largest absolute Gasteiger partial charge is 0.340 e. The minimum Gasteiger partial charge on any atom is -0.340 e. The Kier molecular flexibility index (Phi) is 6.51. The number of allylic oxidation sites excluding steroid dienone is 4. The molecule has 0 spiro atoms. The van der Waals surface area contributed by atoms with Crippen LogP contribution in [0.25, 0.3) is 60.8 Å². The highest BCUT2D eigenvalue weighted by Gasteiger charge is 2.25. The van der Waals surface area contributed by atoms with Crippen molar-refractivity contribution in [3.05, 3.63) is 173 Å². The third-order valence-corrected chi connectivity index (χ3v) is 10.6. The molecule has 7 aromatic rings. The fourth-order valence-corrected chi connectivity index (χ4v) is 8.25. The van der Waals surface area contributed by atoms with Crippen molar-refractivity contribution in [3.63, 3.8) is 0 Å². The van der Waals surface area contributed by atoms with Gasteiger partial charge in [0.05, 0.1) is 22.8 Å². The van der Waals surface area contributed by atoms with Gasteiger partial charge in [0.1, 0.15) is 5.84 Å². The van der Waals surface area contributed by atoms with E-state index in [1.54, 1.807) is 0 Å². The molecule has 1 aliphatic heterocycles. The van der Waals surface area contributed by atoms with Gasteiger partial charge in [0.2, 0.25) is 0 Å². The number of aryl methyl sites for hydroxylation is 1. The minimum absolute atomic E-state index is 0.128. The molecule has 234 valence electrons. The number of hydrogen-bond donors (Lipinski definition) is 1. The van der Waals surface area contributed by atoms with Crippen molar-refractivity contribution in [2.24, 2.45) is 4.99 Å². The van der Waals surface area contributed by atoms with E-state index in [1.165, 1.54) is 76.9 Å². The van der Waals surface area contributed by atoms with Gasteiger partial charge in [-0.05, 0) is 93.9 Å². The maximum absolute atomic E-state index is 5.39. The van der Waals surface area contributed by atoms with Crippen molar-refractivity contribution in [1.29, 1.82) is 0 Å². The van der Waals surface area contributed by atoms with Gasteiger partial charge in [0.25, 0.3) is 0 Å². The second-order valence-electron chi connectivity index (χ2n) is 13.4. The Morgan fingerprint density at radius 3 is 2.31 bits per heavy atom. The Labute approximate surface area is 285 Å². The maximum Gasteiger partial charge on any atom is 0.129 e. The quantitative estimate of drug-likeness (QED) is 0.206. The van der Waals surface area contributed by atoms with Crippen LogP contribution >= 0.6 is 0 Å². The fraction of sp³-hybridized carbons (Fsp3) is 0.109. The normalized spacial score (nSPS) is 17.2. The van der Waals surface area contributed by atoms with E-state index >= 15 is 0 Å². The van der Waals surface area contributed by atoms with Gasteiger partial charge in [0, 0.05) is 21.9 Å². The summed E-state index contributed by atoms with van der Waals surface area (Å²) in [4.78, 5) is 5.39. The van der Waals surface area contributed by atoms with Crippen molar-refractivity contribution in [3.8, 4) is 5.69 Å². The number of hydrogen-bond acceptors (Lipinski definition) is 2. The van der Waals surface area contributed by atoms with E-state index in [4.69, 9.17) is 4.99 Å². The van der Waals surface area contributed by atoms with Crippen LogP contribution in [0, 0.1) is 0 Å². The van der Waals surface area contributed by atoms with Gasteiger partial charge in [-0.15, -0.1) is 0 Å². The highest BCUT2D eigenvalue weighted by atomic mass is 15.0. The van der Waals surface area contributed by atoms with E-state index in [0.29, 0.717) is 0 Å². The molecule has 3 heteroatoms. The number of benzene rings is 6. The van der Waals surface area contributed by atoms with E-state index in [2.05, 4.69) is 162 Å². The summed E-state index contributed by atoms with van der Waals surface area (Å²) >= 11 is 0. The first-order valence-electron chi connectivity index (χ1n) is 17.5.